The largest absolute Gasteiger partial charge is 0.456 e. The molecule has 7 aromatic carbocycles. The highest BCUT2D eigenvalue weighted by Gasteiger charge is 2.24. The lowest BCUT2D eigenvalue weighted by atomic mass is 9.96. The van der Waals surface area contributed by atoms with Gasteiger partial charge in [0.1, 0.15) is 11.2 Å². The second-order valence-electron chi connectivity index (χ2n) is 13.4. The maximum absolute atomic E-state index is 6.54. The van der Waals surface area contributed by atoms with Crippen LogP contribution in [0.4, 0.5) is 0 Å². The number of nitrogens with zero attached hydrogens (tertiary/aromatic N) is 4. The van der Waals surface area contributed by atoms with Crippen LogP contribution in [0.1, 0.15) is 11.1 Å². The Kier molecular flexibility index (Phi) is 6.25. The monoisotopic (exact) mass is 664 g/mol. The maximum Gasteiger partial charge on any atom is 0.164 e. The van der Waals surface area contributed by atoms with Crippen LogP contribution in [0.15, 0.2) is 162 Å². The van der Waals surface area contributed by atoms with Crippen molar-refractivity contribution in [3.8, 4) is 56.5 Å². The maximum atomic E-state index is 6.54. The minimum absolute atomic E-state index is 0.616. The Labute approximate surface area is 298 Å². The van der Waals surface area contributed by atoms with Gasteiger partial charge in [0, 0.05) is 49.2 Å². The summed E-state index contributed by atoms with van der Waals surface area (Å²) >= 11 is 0. The van der Waals surface area contributed by atoms with Crippen LogP contribution in [0.2, 0.25) is 0 Å². The van der Waals surface area contributed by atoms with Crippen molar-refractivity contribution in [2.75, 3.05) is 0 Å². The number of furan rings is 1. The van der Waals surface area contributed by atoms with Crippen LogP contribution < -0.4 is 0 Å². The van der Waals surface area contributed by atoms with Crippen molar-refractivity contribution in [2.24, 2.45) is 0 Å². The number of benzene rings is 7. The molecule has 0 N–H and O–H groups in total. The molecule has 0 atom stereocenters. The molecule has 0 saturated heterocycles. The van der Waals surface area contributed by atoms with E-state index in [0.29, 0.717) is 17.5 Å². The molecule has 0 spiro atoms. The van der Waals surface area contributed by atoms with Gasteiger partial charge in [-0.1, -0.05) is 121 Å². The third-order valence-electron chi connectivity index (χ3n) is 10.4. The number of para-hydroxylation sites is 1. The molecule has 0 bridgehead atoms. The minimum Gasteiger partial charge on any atom is -0.456 e. The van der Waals surface area contributed by atoms with Crippen LogP contribution in [-0.4, -0.2) is 19.9 Å². The van der Waals surface area contributed by atoms with E-state index in [2.05, 4.69) is 121 Å². The molecule has 3 heterocycles. The lowest BCUT2D eigenvalue weighted by Gasteiger charge is -2.12. The first-order valence-corrected chi connectivity index (χ1v) is 17.5. The summed E-state index contributed by atoms with van der Waals surface area (Å²) < 4.78 is 6.54. The molecule has 0 unspecified atom stereocenters. The fourth-order valence-electron chi connectivity index (χ4n) is 7.97. The van der Waals surface area contributed by atoms with Crippen LogP contribution >= 0.6 is 0 Å². The summed E-state index contributed by atoms with van der Waals surface area (Å²) in [5.74, 6) is 1.92. The average molecular weight is 665 g/mol. The molecule has 242 valence electrons. The van der Waals surface area contributed by atoms with Crippen molar-refractivity contribution < 1.29 is 4.42 Å². The van der Waals surface area contributed by atoms with Gasteiger partial charge in [-0.2, -0.15) is 0 Å². The summed E-state index contributed by atoms with van der Waals surface area (Å²) in [5, 5.41) is 5.36. The van der Waals surface area contributed by atoms with Crippen molar-refractivity contribution in [3.63, 3.8) is 0 Å². The summed E-state index contributed by atoms with van der Waals surface area (Å²) in [4.78, 5) is 20.6. The van der Waals surface area contributed by atoms with Crippen LogP contribution in [0, 0.1) is 0 Å². The zero-order valence-corrected chi connectivity index (χ0v) is 27.9. The lowest BCUT2D eigenvalue weighted by molar-refractivity contribution is 0.669. The zero-order chi connectivity index (χ0) is 34.2. The van der Waals surface area contributed by atoms with E-state index in [1.165, 1.54) is 22.3 Å². The van der Waals surface area contributed by atoms with Crippen LogP contribution in [0.3, 0.4) is 0 Å². The highest BCUT2D eigenvalue weighted by molar-refractivity contribution is 6.28. The first-order valence-electron chi connectivity index (χ1n) is 17.5. The fourth-order valence-corrected chi connectivity index (χ4v) is 7.97. The minimum atomic E-state index is 0.616. The normalized spacial score (nSPS) is 12.2. The van der Waals surface area contributed by atoms with Gasteiger partial charge in [0.25, 0.3) is 0 Å². The number of hydrogen-bond donors (Lipinski definition) is 0. The Morgan fingerprint density at radius 3 is 1.94 bits per heavy atom. The zero-order valence-electron chi connectivity index (χ0n) is 27.9. The van der Waals surface area contributed by atoms with E-state index in [1.54, 1.807) is 0 Å². The van der Waals surface area contributed by atoms with Gasteiger partial charge in [0.2, 0.25) is 0 Å². The van der Waals surface area contributed by atoms with Gasteiger partial charge in [-0.25, -0.2) is 19.9 Å². The Hall–Kier alpha value is -6.98. The van der Waals surface area contributed by atoms with Crippen molar-refractivity contribution in [3.05, 3.63) is 169 Å². The molecule has 1 aliphatic carbocycles. The van der Waals surface area contributed by atoms with E-state index < -0.39 is 0 Å². The van der Waals surface area contributed by atoms with Crippen molar-refractivity contribution in [1.29, 1.82) is 0 Å². The SMILES string of the molecule is c1ccc(-c2nc(-c3ccc4oc5ccc6c(-c7ccccc7)nc7ccccc7c6c5c4c3)nc(-c3cccc4c3Cc3ccccc3-4)n2)cc1. The predicted molar refractivity (Wildman–Crippen MR) is 210 cm³/mol. The van der Waals surface area contributed by atoms with Crippen molar-refractivity contribution >= 4 is 43.6 Å². The summed E-state index contributed by atoms with van der Waals surface area (Å²) in [7, 11) is 0. The molecule has 10 aromatic rings. The summed E-state index contributed by atoms with van der Waals surface area (Å²) in [6.07, 6.45) is 0.844. The van der Waals surface area contributed by atoms with Crippen LogP contribution in [0.25, 0.3) is 100 Å². The first kappa shape index (κ1) is 28.8. The molecule has 0 amide bonds. The number of hydrogen-bond acceptors (Lipinski definition) is 5. The van der Waals surface area contributed by atoms with Crippen LogP contribution in [-0.2, 0) is 6.42 Å². The molecule has 0 fully saturated rings. The second kappa shape index (κ2) is 11.3. The quantitative estimate of drug-likeness (QED) is 0.175. The topological polar surface area (TPSA) is 64.7 Å². The molecule has 5 nitrogen and oxygen atoms in total. The lowest BCUT2D eigenvalue weighted by Crippen LogP contribution is -2.01. The van der Waals surface area contributed by atoms with Gasteiger partial charge >= 0.3 is 0 Å². The molecule has 0 aliphatic heterocycles. The van der Waals surface area contributed by atoms with Crippen molar-refractivity contribution in [1.82, 2.24) is 19.9 Å². The molecular formula is C47H28N4O. The highest BCUT2D eigenvalue weighted by atomic mass is 16.3. The molecule has 0 saturated carbocycles. The van der Waals surface area contributed by atoms with E-state index in [-0.39, 0.29) is 0 Å². The predicted octanol–water partition coefficient (Wildman–Crippen LogP) is 11.7. The van der Waals surface area contributed by atoms with Gasteiger partial charge in [-0.3, -0.25) is 0 Å². The van der Waals surface area contributed by atoms with Gasteiger partial charge in [0.05, 0.1) is 11.2 Å². The van der Waals surface area contributed by atoms with E-state index >= 15 is 0 Å². The van der Waals surface area contributed by atoms with Crippen LogP contribution in [0.5, 0.6) is 0 Å². The molecule has 1 aliphatic rings. The van der Waals surface area contributed by atoms with E-state index in [1.807, 2.05) is 36.4 Å². The highest BCUT2D eigenvalue weighted by Crippen LogP contribution is 2.43. The number of pyridine rings is 1. The summed E-state index contributed by atoms with van der Waals surface area (Å²) in [6.45, 7) is 0. The molecule has 3 aromatic heterocycles. The summed E-state index contributed by atoms with van der Waals surface area (Å²) in [5.41, 5.74) is 12.6. The van der Waals surface area contributed by atoms with Crippen molar-refractivity contribution in [2.45, 2.75) is 6.42 Å². The Morgan fingerprint density at radius 2 is 1.08 bits per heavy atom. The van der Waals surface area contributed by atoms with E-state index in [0.717, 1.165) is 78.0 Å². The number of aromatic nitrogens is 4. The third-order valence-corrected chi connectivity index (χ3v) is 10.4. The molecule has 52 heavy (non-hydrogen) atoms. The third kappa shape index (κ3) is 4.42. The average Bonchev–Trinajstić information content (AvgIpc) is 3.79. The Morgan fingerprint density at radius 1 is 0.404 bits per heavy atom. The summed E-state index contributed by atoms with van der Waals surface area (Å²) in [6, 6.07) is 54.5. The Bertz CT molecular complexity index is 3040. The van der Waals surface area contributed by atoms with Gasteiger partial charge in [-0.15, -0.1) is 0 Å². The standard InChI is InChI=1S/C47H28N4O/c1-3-12-28(13-4-1)44-36-23-25-41-43(42(36)35-18-9-10-21-39(35)48-44)38-27-31(22-24-40(38)52-41)46-49-45(29-14-5-2-6-15-29)50-47(51-46)34-20-11-19-33-32-17-8-7-16-30(32)26-37(33)34/h1-25,27H,26H2. The number of rotatable bonds is 4. The van der Waals surface area contributed by atoms with Gasteiger partial charge < -0.3 is 4.42 Å². The van der Waals surface area contributed by atoms with E-state index in [9.17, 15) is 0 Å². The smallest absolute Gasteiger partial charge is 0.164 e. The molecular weight excluding hydrogens is 637 g/mol. The first-order chi connectivity index (χ1) is 25.8. The van der Waals surface area contributed by atoms with Gasteiger partial charge in [-0.05, 0) is 65.1 Å². The second-order valence-corrected chi connectivity index (χ2v) is 13.4. The molecule has 5 heteroatoms. The molecule has 0 radical (unpaired) electrons. The fraction of sp³-hybridized carbons (Fsp3) is 0.0213. The Balaban J connectivity index is 1.16. The molecule has 11 rings (SSSR count). The van der Waals surface area contributed by atoms with Gasteiger partial charge in [0.15, 0.2) is 17.5 Å². The number of fused-ring (bicyclic) bond motifs is 10. The van der Waals surface area contributed by atoms with E-state index in [4.69, 9.17) is 24.4 Å².